The highest BCUT2D eigenvalue weighted by Gasteiger charge is 2.21. The van der Waals surface area contributed by atoms with Gasteiger partial charge in [0.05, 0.1) is 26.1 Å². The lowest BCUT2D eigenvalue weighted by Crippen LogP contribution is -2.10. The topological polar surface area (TPSA) is 78.7 Å². The van der Waals surface area contributed by atoms with Crippen LogP contribution in [0.5, 0.6) is 0 Å². The maximum atomic E-state index is 9.22. The van der Waals surface area contributed by atoms with Gasteiger partial charge in [0, 0.05) is 6.42 Å². The van der Waals surface area contributed by atoms with Gasteiger partial charge in [0.2, 0.25) is 10.4 Å². The normalized spacial score (nSPS) is 17.7. The van der Waals surface area contributed by atoms with Crippen molar-refractivity contribution >= 4 is 16.1 Å². The fraction of sp³-hybridized carbons (Fsp3) is 0.700. The van der Waals surface area contributed by atoms with Crippen LogP contribution in [0.2, 0.25) is 0 Å². The second-order valence-corrected chi connectivity index (χ2v) is 4.80. The SMILES string of the molecule is CO/C=C1/CCCC1=[N+](C)C.COS(=O)(=O)[O-]. The average Bonchev–Trinajstić information content (AvgIpc) is 2.66. The molecule has 0 radical (unpaired) electrons. The lowest BCUT2D eigenvalue weighted by molar-refractivity contribution is -0.464. The lowest BCUT2D eigenvalue weighted by Gasteiger charge is -1.98. The Hall–Kier alpha value is -0.920. The summed E-state index contributed by atoms with van der Waals surface area (Å²) in [5, 5.41) is 0. The summed E-state index contributed by atoms with van der Waals surface area (Å²) in [4.78, 5) is 0. The number of nitrogens with zero attached hydrogens (tertiary/aromatic N) is 1. The summed E-state index contributed by atoms with van der Waals surface area (Å²) in [5.41, 5.74) is 2.78. The van der Waals surface area contributed by atoms with Crippen molar-refractivity contribution < 1.29 is 26.5 Å². The summed E-state index contributed by atoms with van der Waals surface area (Å²) in [6.07, 6.45) is 5.49. The van der Waals surface area contributed by atoms with E-state index in [1.54, 1.807) is 7.11 Å². The largest absolute Gasteiger partial charge is 0.726 e. The molecule has 0 aromatic rings. The van der Waals surface area contributed by atoms with Crippen LogP contribution < -0.4 is 0 Å². The third-order valence-corrected chi connectivity index (χ3v) is 2.64. The van der Waals surface area contributed by atoms with E-state index in [0.717, 1.165) is 7.11 Å². The third-order valence-electron chi connectivity index (χ3n) is 2.23. The first-order valence-electron chi connectivity index (χ1n) is 5.08. The van der Waals surface area contributed by atoms with Gasteiger partial charge in [0.25, 0.3) is 0 Å². The molecule has 0 bridgehead atoms. The highest BCUT2D eigenvalue weighted by atomic mass is 32.3. The molecular weight excluding hydrogens is 246 g/mol. The molecule has 1 aliphatic rings. The molecule has 17 heavy (non-hydrogen) atoms. The maximum absolute atomic E-state index is 9.22. The average molecular weight is 265 g/mol. The van der Waals surface area contributed by atoms with Gasteiger partial charge >= 0.3 is 0 Å². The van der Waals surface area contributed by atoms with Gasteiger partial charge < -0.3 is 9.29 Å². The van der Waals surface area contributed by atoms with Crippen molar-refractivity contribution in [1.29, 1.82) is 0 Å². The summed E-state index contributed by atoms with van der Waals surface area (Å²) in [5.74, 6) is 0. The quantitative estimate of drug-likeness (QED) is 0.314. The Kier molecular flexibility index (Phi) is 7.01. The van der Waals surface area contributed by atoms with E-state index < -0.39 is 10.4 Å². The number of hydrogen-bond acceptors (Lipinski definition) is 5. The minimum absolute atomic E-state index is 0.808. The Bertz CT molecular complexity index is 393. The van der Waals surface area contributed by atoms with Crippen LogP contribution in [0.15, 0.2) is 11.8 Å². The first kappa shape index (κ1) is 16.1. The standard InChI is InChI=1S/C9H16NO.CH4O4S/c1-10(2)9-6-4-5-8(9)7-11-3;1-5-6(2,3)4/h7H,4-6H2,1-3H3;1H3,(H,2,3,4)/q+1;/p-1/b8-7-;. The van der Waals surface area contributed by atoms with Gasteiger partial charge in [-0.25, -0.2) is 13.0 Å². The van der Waals surface area contributed by atoms with Crippen molar-refractivity contribution in [3.05, 3.63) is 11.8 Å². The van der Waals surface area contributed by atoms with Crippen LogP contribution in [-0.2, 0) is 19.3 Å². The fourth-order valence-electron chi connectivity index (χ4n) is 1.53. The van der Waals surface area contributed by atoms with E-state index in [1.807, 2.05) is 6.26 Å². The Morgan fingerprint density at radius 2 is 1.82 bits per heavy atom. The Morgan fingerprint density at radius 1 is 1.29 bits per heavy atom. The van der Waals surface area contributed by atoms with Crippen LogP contribution in [0.25, 0.3) is 0 Å². The molecule has 0 atom stereocenters. The van der Waals surface area contributed by atoms with Gasteiger partial charge in [0.15, 0.2) is 5.71 Å². The number of rotatable bonds is 2. The summed E-state index contributed by atoms with van der Waals surface area (Å²) in [6.45, 7) is 0. The summed E-state index contributed by atoms with van der Waals surface area (Å²) in [7, 11) is 2.28. The molecule has 0 spiro atoms. The third kappa shape index (κ3) is 7.09. The lowest BCUT2D eigenvalue weighted by atomic mass is 10.2. The molecule has 7 heteroatoms. The van der Waals surface area contributed by atoms with Crippen LogP contribution in [0, 0.1) is 0 Å². The number of hydrogen-bond donors (Lipinski definition) is 0. The van der Waals surface area contributed by atoms with Crippen LogP contribution in [-0.4, -0.2) is 51.6 Å². The number of ether oxygens (including phenoxy) is 1. The molecule has 0 aromatic carbocycles. The smallest absolute Gasteiger partial charge is 0.217 e. The van der Waals surface area contributed by atoms with E-state index in [4.69, 9.17) is 4.74 Å². The zero-order valence-corrected chi connectivity index (χ0v) is 11.4. The van der Waals surface area contributed by atoms with Gasteiger partial charge in [0.1, 0.15) is 14.1 Å². The molecule has 100 valence electrons. The van der Waals surface area contributed by atoms with Crippen LogP contribution in [0.1, 0.15) is 19.3 Å². The molecule has 1 saturated carbocycles. The van der Waals surface area contributed by atoms with E-state index >= 15 is 0 Å². The first-order chi connectivity index (χ1) is 7.81. The molecule has 0 unspecified atom stereocenters. The van der Waals surface area contributed by atoms with Crippen molar-refractivity contribution in [2.45, 2.75) is 19.3 Å². The molecular formula is C10H19NO5S. The zero-order valence-electron chi connectivity index (χ0n) is 10.6. The van der Waals surface area contributed by atoms with Gasteiger partial charge in [-0.1, -0.05) is 0 Å². The molecule has 1 fully saturated rings. The minimum atomic E-state index is -4.41. The predicted molar refractivity (Wildman–Crippen MR) is 62.8 cm³/mol. The number of methoxy groups -OCH3 is 1. The summed E-state index contributed by atoms with van der Waals surface area (Å²) in [6, 6.07) is 0. The van der Waals surface area contributed by atoms with Crippen molar-refractivity contribution in [1.82, 2.24) is 0 Å². The molecule has 1 aliphatic carbocycles. The number of allylic oxidation sites excluding steroid dienone is 1. The summed E-state index contributed by atoms with van der Waals surface area (Å²) >= 11 is 0. The van der Waals surface area contributed by atoms with Crippen molar-refractivity contribution in [3.8, 4) is 0 Å². The maximum Gasteiger partial charge on any atom is 0.217 e. The second-order valence-electron chi connectivity index (χ2n) is 3.65. The van der Waals surface area contributed by atoms with E-state index in [-0.39, 0.29) is 0 Å². The molecule has 0 heterocycles. The second kappa shape index (κ2) is 7.41. The molecule has 1 rings (SSSR count). The molecule has 6 nitrogen and oxygen atoms in total. The molecule has 0 aliphatic heterocycles. The Morgan fingerprint density at radius 3 is 2.18 bits per heavy atom. The molecule has 0 N–H and O–H groups in total. The Balaban J connectivity index is 0.000000366. The molecule has 0 amide bonds. The molecule has 0 saturated heterocycles. The van der Waals surface area contributed by atoms with Gasteiger partial charge in [-0.15, -0.1) is 0 Å². The van der Waals surface area contributed by atoms with Gasteiger partial charge in [-0.3, -0.25) is 4.18 Å². The van der Waals surface area contributed by atoms with E-state index in [2.05, 4.69) is 22.9 Å². The monoisotopic (exact) mass is 265 g/mol. The van der Waals surface area contributed by atoms with Crippen molar-refractivity contribution in [2.24, 2.45) is 0 Å². The highest BCUT2D eigenvalue weighted by molar-refractivity contribution is 7.80. The van der Waals surface area contributed by atoms with Crippen LogP contribution in [0.3, 0.4) is 0 Å². The molecule has 0 aromatic heterocycles. The highest BCUT2D eigenvalue weighted by Crippen LogP contribution is 2.20. The zero-order chi connectivity index (χ0) is 13.5. The van der Waals surface area contributed by atoms with Crippen molar-refractivity contribution in [3.63, 3.8) is 0 Å². The van der Waals surface area contributed by atoms with Crippen LogP contribution in [0.4, 0.5) is 0 Å². The predicted octanol–water partition coefficient (Wildman–Crippen LogP) is 0.507. The van der Waals surface area contributed by atoms with Crippen LogP contribution >= 0.6 is 0 Å². The van der Waals surface area contributed by atoms with E-state index in [0.29, 0.717) is 0 Å². The van der Waals surface area contributed by atoms with Gasteiger partial charge in [-0.2, -0.15) is 0 Å². The van der Waals surface area contributed by atoms with Gasteiger partial charge in [-0.05, 0) is 12.8 Å². The summed E-state index contributed by atoms with van der Waals surface area (Å²) < 4.78 is 38.2. The fourth-order valence-corrected chi connectivity index (χ4v) is 1.53. The Labute approximate surface area is 103 Å². The minimum Gasteiger partial charge on any atom is -0.726 e. The van der Waals surface area contributed by atoms with E-state index in [9.17, 15) is 13.0 Å². The van der Waals surface area contributed by atoms with E-state index in [1.165, 1.54) is 30.5 Å². The first-order valence-corrected chi connectivity index (χ1v) is 6.42. The van der Waals surface area contributed by atoms with Crippen molar-refractivity contribution in [2.75, 3.05) is 28.3 Å².